The number of β-amino-alcohol motifs (C(OH)–C–C–N with tert-alkyl or cyclic N) is 1. The lowest BCUT2D eigenvalue weighted by Gasteiger charge is -2.26. The van der Waals surface area contributed by atoms with E-state index < -0.39 is 6.10 Å². The van der Waals surface area contributed by atoms with Gasteiger partial charge in [0.1, 0.15) is 5.75 Å². The van der Waals surface area contributed by atoms with E-state index in [1.165, 1.54) is 0 Å². The molecule has 122 valence electrons. The second-order valence-corrected chi connectivity index (χ2v) is 5.48. The van der Waals surface area contributed by atoms with Gasteiger partial charge in [-0.25, -0.2) is 0 Å². The molecule has 1 N–H and O–H groups in total. The number of ether oxygens (including phenoxy) is 2. The maximum absolute atomic E-state index is 10.1. The molecular weight excluding hydrogens is 294 g/mol. The molecule has 1 fully saturated rings. The van der Waals surface area contributed by atoms with E-state index >= 15 is 0 Å². The van der Waals surface area contributed by atoms with E-state index in [0.717, 1.165) is 11.3 Å². The summed E-state index contributed by atoms with van der Waals surface area (Å²) in [6.07, 6.45) is 3.55. The molecule has 0 bridgehead atoms. The average Bonchev–Trinajstić information content (AvgIpc) is 2.97. The minimum atomic E-state index is -0.399. The average molecular weight is 315 g/mol. The van der Waals surface area contributed by atoms with Gasteiger partial charge in [0.2, 0.25) is 5.88 Å². The first-order valence-electron chi connectivity index (χ1n) is 7.74. The second kappa shape index (κ2) is 6.83. The monoisotopic (exact) mass is 315 g/mol. The number of hydrogen-bond donors (Lipinski definition) is 1. The minimum absolute atomic E-state index is 0.0336. The Labute approximate surface area is 135 Å². The molecule has 0 radical (unpaired) electrons. The van der Waals surface area contributed by atoms with Gasteiger partial charge in [0.25, 0.3) is 0 Å². The Morgan fingerprint density at radius 2 is 2.22 bits per heavy atom. The number of rotatable bonds is 5. The Morgan fingerprint density at radius 3 is 3.00 bits per heavy atom. The fourth-order valence-electron chi connectivity index (χ4n) is 2.93. The summed E-state index contributed by atoms with van der Waals surface area (Å²) >= 11 is 0. The van der Waals surface area contributed by atoms with Crippen LogP contribution in [0.3, 0.4) is 0 Å². The molecule has 2 atom stereocenters. The van der Waals surface area contributed by atoms with Crippen molar-refractivity contribution in [1.82, 2.24) is 9.97 Å². The number of aliphatic hydroxyl groups excluding tert-OH is 1. The van der Waals surface area contributed by atoms with Gasteiger partial charge in [0.05, 0.1) is 38.3 Å². The van der Waals surface area contributed by atoms with Gasteiger partial charge >= 0.3 is 0 Å². The van der Waals surface area contributed by atoms with E-state index in [4.69, 9.17) is 9.47 Å². The van der Waals surface area contributed by atoms with E-state index in [9.17, 15) is 5.11 Å². The highest BCUT2D eigenvalue weighted by molar-refractivity contribution is 5.45. The highest BCUT2D eigenvalue weighted by Crippen LogP contribution is 2.36. The Morgan fingerprint density at radius 1 is 1.35 bits per heavy atom. The first kappa shape index (κ1) is 15.6. The second-order valence-electron chi connectivity index (χ2n) is 5.48. The molecule has 23 heavy (non-hydrogen) atoms. The van der Waals surface area contributed by atoms with Gasteiger partial charge in [-0.1, -0.05) is 12.1 Å². The van der Waals surface area contributed by atoms with Crippen molar-refractivity contribution in [2.75, 3.05) is 25.2 Å². The van der Waals surface area contributed by atoms with Crippen molar-refractivity contribution < 1.29 is 14.6 Å². The number of aromatic nitrogens is 2. The van der Waals surface area contributed by atoms with Crippen molar-refractivity contribution >= 4 is 5.82 Å². The minimum Gasteiger partial charge on any atom is -0.497 e. The molecule has 1 aromatic heterocycles. The van der Waals surface area contributed by atoms with Crippen LogP contribution in [0.25, 0.3) is 0 Å². The van der Waals surface area contributed by atoms with Gasteiger partial charge < -0.3 is 19.5 Å². The first-order valence-corrected chi connectivity index (χ1v) is 7.74. The molecule has 1 aliphatic rings. The quantitative estimate of drug-likeness (QED) is 0.912. The Balaban J connectivity index is 1.91. The Bertz CT molecular complexity index is 665. The van der Waals surface area contributed by atoms with Crippen LogP contribution in [0.4, 0.5) is 5.82 Å². The third kappa shape index (κ3) is 3.37. The van der Waals surface area contributed by atoms with Crippen LogP contribution in [0.2, 0.25) is 0 Å². The van der Waals surface area contributed by atoms with E-state index in [1.807, 2.05) is 31.2 Å². The summed E-state index contributed by atoms with van der Waals surface area (Å²) in [6.45, 7) is 2.97. The zero-order chi connectivity index (χ0) is 16.2. The zero-order valence-corrected chi connectivity index (χ0v) is 13.3. The molecule has 6 heteroatoms. The third-order valence-electron chi connectivity index (χ3n) is 3.94. The fourth-order valence-corrected chi connectivity index (χ4v) is 2.93. The van der Waals surface area contributed by atoms with E-state index in [2.05, 4.69) is 14.9 Å². The van der Waals surface area contributed by atoms with Crippen molar-refractivity contribution in [1.29, 1.82) is 0 Å². The van der Waals surface area contributed by atoms with Gasteiger partial charge in [-0.3, -0.25) is 4.98 Å². The normalized spacial score (nSPS) is 20.6. The predicted molar refractivity (Wildman–Crippen MR) is 86.9 cm³/mol. The van der Waals surface area contributed by atoms with Gasteiger partial charge in [-0.05, 0) is 31.0 Å². The number of benzene rings is 1. The number of anilines is 1. The van der Waals surface area contributed by atoms with Gasteiger partial charge in [0, 0.05) is 6.54 Å². The maximum atomic E-state index is 10.1. The van der Waals surface area contributed by atoms with E-state index in [0.29, 0.717) is 31.3 Å². The summed E-state index contributed by atoms with van der Waals surface area (Å²) < 4.78 is 10.7. The standard InChI is InChI=1S/C17H21N3O3/c1-3-23-17-10-18-9-16(19-17)20-11-13(21)8-15(20)12-5-4-6-14(7-12)22-2/h4-7,9-10,13,15,21H,3,8,11H2,1-2H3/t13-,15+/m1/s1. The summed E-state index contributed by atoms with van der Waals surface area (Å²) in [6, 6.07) is 7.94. The molecule has 0 amide bonds. The topological polar surface area (TPSA) is 67.7 Å². The number of nitrogens with zero attached hydrogens (tertiary/aromatic N) is 3. The van der Waals surface area contributed by atoms with Crippen LogP contribution in [0, 0.1) is 0 Å². The number of aliphatic hydroxyl groups is 1. The molecule has 0 aliphatic carbocycles. The van der Waals surface area contributed by atoms with Crippen molar-refractivity contribution in [2.45, 2.75) is 25.5 Å². The molecule has 1 aliphatic heterocycles. The molecule has 1 saturated heterocycles. The van der Waals surface area contributed by atoms with Crippen LogP contribution in [0.5, 0.6) is 11.6 Å². The highest BCUT2D eigenvalue weighted by atomic mass is 16.5. The molecule has 2 heterocycles. The van der Waals surface area contributed by atoms with Crippen LogP contribution in [-0.4, -0.2) is 41.4 Å². The van der Waals surface area contributed by atoms with Crippen molar-refractivity contribution in [3.63, 3.8) is 0 Å². The molecule has 0 saturated carbocycles. The molecule has 0 unspecified atom stereocenters. The largest absolute Gasteiger partial charge is 0.497 e. The lowest BCUT2D eigenvalue weighted by atomic mass is 10.0. The van der Waals surface area contributed by atoms with E-state index in [1.54, 1.807) is 19.5 Å². The smallest absolute Gasteiger partial charge is 0.234 e. The summed E-state index contributed by atoms with van der Waals surface area (Å²) in [4.78, 5) is 10.8. The first-order chi connectivity index (χ1) is 11.2. The van der Waals surface area contributed by atoms with Gasteiger partial charge in [-0.15, -0.1) is 0 Å². The summed E-state index contributed by atoms with van der Waals surface area (Å²) in [7, 11) is 1.65. The molecule has 3 rings (SSSR count). The molecule has 1 aromatic carbocycles. The SMILES string of the molecule is CCOc1cncc(N2C[C@H](O)C[C@H]2c2cccc(OC)c2)n1. The molecular formula is C17H21N3O3. The van der Waals surface area contributed by atoms with Gasteiger partial charge in [0.15, 0.2) is 5.82 Å². The summed E-state index contributed by atoms with van der Waals surface area (Å²) in [5.41, 5.74) is 1.09. The van der Waals surface area contributed by atoms with Crippen LogP contribution in [0.15, 0.2) is 36.7 Å². The lowest BCUT2D eigenvalue weighted by molar-refractivity contribution is 0.194. The number of methoxy groups -OCH3 is 1. The fraction of sp³-hybridized carbons (Fsp3) is 0.412. The molecule has 6 nitrogen and oxygen atoms in total. The van der Waals surface area contributed by atoms with Crippen LogP contribution in [-0.2, 0) is 0 Å². The van der Waals surface area contributed by atoms with Crippen LogP contribution in [0.1, 0.15) is 24.9 Å². The van der Waals surface area contributed by atoms with Crippen LogP contribution < -0.4 is 14.4 Å². The zero-order valence-electron chi connectivity index (χ0n) is 13.3. The lowest BCUT2D eigenvalue weighted by Crippen LogP contribution is -2.25. The number of hydrogen-bond acceptors (Lipinski definition) is 6. The molecule has 2 aromatic rings. The van der Waals surface area contributed by atoms with Crippen molar-refractivity contribution in [3.8, 4) is 11.6 Å². The van der Waals surface area contributed by atoms with Crippen molar-refractivity contribution in [2.24, 2.45) is 0 Å². The third-order valence-corrected chi connectivity index (χ3v) is 3.94. The molecule has 0 spiro atoms. The van der Waals surface area contributed by atoms with E-state index in [-0.39, 0.29) is 6.04 Å². The Kier molecular flexibility index (Phi) is 4.62. The summed E-state index contributed by atoms with van der Waals surface area (Å²) in [5.74, 6) is 2.01. The Hall–Kier alpha value is -2.34. The maximum Gasteiger partial charge on any atom is 0.234 e. The highest BCUT2D eigenvalue weighted by Gasteiger charge is 2.33. The predicted octanol–water partition coefficient (Wildman–Crippen LogP) is 2.20. The van der Waals surface area contributed by atoms with Crippen LogP contribution >= 0.6 is 0 Å². The summed E-state index contributed by atoms with van der Waals surface area (Å²) in [5, 5.41) is 10.1. The van der Waals surface area contributed by atoms with Crippen molar-refractivity contribution in [3.05, 3.63) is 42.2 Å². The van der Waals surface area contributed by atoms with Gasteiger partial charge in [-0.2, -0.15) is 4.98 Å².